The largest absolute Gasteiger partial charge is 0.480 e. The van der Waals surface area contributed by atoms with Crippen LogP contribution in [0.2, 0.25) is 0 Å². The maximum atomic E-state index is 13.4. The predicted molar refractivity (Wildman–Crippen MR) is 151 cm³/mol. The van der Waals surface area contributed by atoms with Crippen LogP contribution in [0.3, 0.4) is 0 Å². The standard InChI is InChI=1S/C27H48N6O8/c1-10-15(4)20(23(38)29-18(13-14(2)3)22(37)33-27(8,9)25(40)41)31-21(36)17(11-12-19(28)35)30-24(39)26(6,7)32-16(5)34/h14-15,17-18,20H,10-13H2,1-9H3,(H2,28,35)(H,29,38)(H,30,39)(H,31,36)(H,32,34)(H,33,37)(H,40,41)/t15-,17-,18-,20-/m0/s1. The first-order valence-corrected chi connectivity index (χ1v) is 13.7. The minimum absolute atomic E-state index is 0.0454. The van der Waals surface area contributed by atoms with Gasteiger partial charge in [-0.1, -0.05) is 34.1 Å². The van der Waals surface area contributed by atoms with E-state index in [1.54, 1.807) is 13.8 Å². The highest BCUT2D eigenvalue weighted by Crippen LogP contribution is 2.13. The molecule has 0 unspecified atom stereocenters. The van der Waals surface area contributed by atoms with Gasteiger partial charge in [-0.25, -0.2) is 4.79 Å². The number of amides is 6. The van der Waals surface area contributed by atoms with Crippen LogP contribution in [0.1, 0.15) is 88.0 Å². The van der Waals surface area contributed by atoms with Gasteiger partial charge in [0.2, 0.25) is 35.4 Å². The van der Waals surface area contributed by atoms with Gasteiger partial charge >= 0.3 is 5.97 Å². The molecule has 14 nitrogen and oxygen atoms in total. The number of hydrogen-bond donors (Lipinski definition) is 7. The summed E-state index contributed by atoms with van der Waals surface area (Å²) in [6.07, 6.45) is 0.249. The van der Waals surface area contributed by atoms with Gasteiger partial charge in [0, 0.05) is 13.3 Å². The quantitative estimate of drug-likeness (QED) is 0.120. The molecule has 0 aliphatic heterocycles. The summed E-state index contributed by atoms with van der Waals surface area (Å²) in [6, 6.07) is -3.50. The highest BCUT2D eigenvalue weighted by atomic mass is 16.4. The Morgan fingerprint density at radius 2 is 1.34 bits per heavy atom. The minimum Gasteiger partial charge on any atom is -0.480 e. The number of rotatable bonds is 17. The van der Waals surface area contributed by atoms with E-state index >= 15 is 0 Å². The second-order valence-corrected chi connectivity index (χ2v) is 11.8. The van der Waals surface area contributed by atoms with Crippen molar-refractivity contribution in [3.8, 4) is 0 Å². The van der Waals surface area contributed by atoms with Crippen LogP contribution in [0.15, 0.2) is 0 Å². The zero-order valence-corrected chi connectivity index (χ0v) is 25.6. The first-order chi connectivity index (χ1) is 18.6. The molecule has 6 amide bonds. The van der Waals surface area contributed by atoms with Crippen molar-refractivity contribution in [2.45, 2.75) is 117 Å². The Balaban J connectivity index is 6.04. The lowest BCUT2D eigenvalue weighted by Crippen LogP contribution is -2.62. The number of nitrogens with one attached hydrogen (secondary N) is 5. The summed E-state index contributed by atoms with van der Waals surface area (Å²) in [5.41, 5.74) is 2.28. The predicted octanol–water partition coefficient (Wildman–Crippen LogP) is -0.307. The van der Waals surface area contributed by atoms with E-state index < -0.39 is 76.5 Å². The second-order valence-electron chi connectivity index (χ2n) is 11.8. The lowest BCUT2D eigenvalue weighted by atomic mass is 9.95. The van der Waals surface area contributed by atoms with Crippen LogP contribution in [0, 0.1) is 11.8 Å². The van der Waals surface area contributed by atoms with Crippen LogP contribution in [0.5, 0.6) is 0 Å². The molecule has 0 saturated carbocycles. The van der Waals surface area contributed by atoms with Crippen molar-refractivity contribution in [2.75, 3.05) is 0 Å². The van der Waals surface area contributed by atoms with E-state index in [9.17, 15) is 38.7 Å². The molecule has 0 bridgehead atoms. The first kappa shape index (κ1) is 37.3. The summed E-state index contributed by atoms with van der Waals surface area (Å²) in [7, 11) is 0. The summed E-state index contributed by atoms with van der Waals surface area (Å²) in [6.45, 7) is 13.9. The molecule has 4 atom stereocenters. The van der Waals surface area contributed by atoms with Crippen LogP contribution in [-0.4, -0.2) is 75.7 Å². The van der Waals surface area contributed by atoms with E-state index in [1.807, 2.05) is 13.8 Å². The molecule has 0 fully saturated rings. The topological polar surface area (TPSA) is 226 Å². The van der Waals surface area contributed by atoms with E-state index in [4.69, 9.17) is 5.73 Å². The molecule has 0 saturated heterocycles. The Hall–Kier alpha value is -3.71. The summed E-state index contributed by atoms with van der Waals surface area (Å²) in [5.74, 6) is -5.73. The van der Waals surface area contributed by atoms with Crippen LogP contribution < -0.4 is 32.3 Å². The van der Waals surface area contributed by atoms with Gasteiger partial charge in [-0.3, -0.25) is 28.8 Å². The maximum absolute atomic E-state index is 13.4. The number of carbonyl (C=O) groups excluding carboxylic acids is 6. The molecule has 0 heterocycles. The highest BCUT2D eigenvalue weighted by Gasteiger charge is 2.37. The minimum atomic E-state index is -1.59. The SMILES string of the molecule is CC[C@H](C)[C@H](NC(=O)[C@H](CCC(N)=O)NC(=O)C(C)(C)NC(C)=O)C(=O)N[C@@H](CC(C)C)C(=O)NC(C)(C)C(=O)O. The van der Waals surface area contributed by atoms with E-state index in [-0.39, 0.29) is 25.2 Å². The van der Waals surface area contributed by atoms with Crippen molar-refractivity contribution >= 4 is 41.4 Å². The Morgan fingerprint density at radius 1 is 0.780 bits per heavy atom. The van der Waals surface area contributed by atoms with Crippen molar-refractivity contribution in [1.29, 1.82) is 0 Å². The van der Waals surface area contributed by atoms with E-state index in [1.165, 1.54) is 34.6 Å². The fourth-order valence-corrected chi connectivity index (χ4v) is 3.76. The summed E-state index contributed by atoms with van der Waals surface area (Å²) in [4.78, 5) is 87.1. The molecule has 0 aliphatic rings. The van der Waals surface area contributed by atoms with Gasteiger partial charge in [0.15, 0.2) is 0 Å². The molecule has 0 aromatic rings. The van der Waals surface area contributed by atoms with Crippen molar-refractivity contribution in [3.63, 3.8) is 0 Å². The molecule has 234 valence electrons. The average Bonchev–Trinajstić information content (AvgIpc) is 2.81. The molecule has 14 heteroatoms. The molecule has 0 rings (SSSR count). The fraction of sp³-hybridized carbons (Fsp3) is 0.741. The monoisotopic (exact) mass is 584 g/mol. The van der Waals surface area contributed by atoms with Crippen molar-refractivity contribution in [3.05, 3.63) is 0 Å². The fourth-order valence-electron chi connectivity index (χ4n) is 3.76. The Kier molecular flexibility index (Phi) is 14.5. The Labute approximate surface area is 241 Å². The van der Waals surface area contributed by atoms with Crippen molar-refractivity contribution < 1.29 is 38.7 Å². The normalized spacial score (nSPS) is 14.6. The van der Waals surface area contributed by atoms with Crippen LogP contribution >= 0.6 is 0 Å². The lowest BCUT2D eigenvalue weighted by molar-refractivity contribution is -0.146. The van der Waals surface area contributed by atoms with Gasteiger partial charge in [-0.15, -0.1) is 0 Å². The number of carboxylic acids is 1. The third-order valence-electron chi connectivity index (χ3n) is 6.46. The zero-order chi connectivity index (χ0) is 32.3. The van der Waals surface area contributed by atoms with E-state index in [0.29, 0.717) is 6.42 Å². The molecule has 0 spiro atoms. The van der Waals surface area contributed by atoms with Gasteiger partial charge < -0.3 is 37.4 Å². The van der Waals surface area contributed by atoms with Crippen LogP contribution in [-0.2, 0) is 33.6 Å². The average molecular weight is 585 g/mol. The molecule has 8 N–H and O–H groups in total. The molecular weight excluding hydrogens is 536 g/mol. The molecular formula is C27H48N6O8. The highest BCUT2D eigenvalue weighted by molar-refractivity contribution is 5.97. The molecule has 0 aliphatic carbocycles. The number of carbonyl (C=O) groups is 7. The second kappa shape index (κ2) is 15.9. The lowest BCUT2D eigenvalue weighted by Gasteiger charge is -2.31. The third kappa shape index (κ3) is 13.0. The third-order valence-corrected chi connectivity index (χ3v) is 6.46. The van der Waals surface area contributed by atoms with Crippen molar-refractivity contribution in [2.24, 2.45) is 17.6 Å². The molecule has 0 radical (unpaired) electrons. The summed E-state index contributed by atoms with van der Waals surface area (Å²) in [5, 5.41) is 22.1. The number of primary amides is 1. The van der Waals surface area contributed by atoms with E-state index in [0.717, 1.165) is 0 Å². The van der Waals surface area contributed by atoms with Crippen LogP contribution in [0.4, 0.5) is 0 Å². The maximum Gasteiger partial charge on any atom is 0.328 e. The Bertz CT molecular complexity index is 994. The first-order valence-electron chi connectivity index (χ1n) is 13.7. The van der Waals surface area contributed by atoms with Gasteiger partial charge in [-0.05, 0) is 52.4 Å². The van der Waals surface area contributed by atoms with Gasteiger partial charge in [0.1, 0.15) is 29.2 Å². The number of aliphatic carboxylic acids is 1. The summed E-state index contributed by atoms with van der Waals surface area (Å²) < 4.78 is 0. The molecule has 0 aromatic carbocycles. The molecule has 0 aromatic heterocycles. The molecule has 41 heavy (non-hydrogen) atoms. The van der Waals surface area contributed by atoms with E-state index in [2.05, 4.69) is 26.6 Å². The van der Waals surface area contributed by atoms with Gasteiger partial charge in [-0.2, -0.15) is 0 Å². The number of carboxylic acid groups (broad SMARTS) is 1. The number of nitrogens with two attached hydrogens (primary N) is 1. The smallest absolute Gasteiger partial charge is 0.328 e. The summed E-state index contributed by atoms with van der Waals surface area (Å²) >= 11 is 0. The Morgan fingerprint density at radius 3 is 1.78 bits per heavy atom. The number of hydrogen-bond acceptors (Lipinski definition) is 7. The van der Waals surface area contributed by atoms with Crippen LogP contribution in [0.25, 0.3) is 0 Å². The van der Waals surface area contributed by atoms with Crippen molar-refractivity contribution in [1.82, 2.24) is 26.6 Å². The van der Waals surface area contributed by atoms with Gasteiger partial charge in [0.25, 0.3) is 0 Å². The zero-order valence-electron chi connectivity index (χ0n) is 25.6. The van der Waals surface area contributed by atoms with Gasteiger partial charge in [0.05, 0.1) is 0 Å².